The van der Waals surface area contributed by atoms with Gasteiger partial charge in [-0.05, 0) is 55.9 Å². The molecule has 0 radical (unpaired) electrons. The molecule has 0 saturated heterocycles. The Morgan fingerprint density at radius 3 is 2.58 bits per heavy atom. The Hall–Kier alpha value is -2.55. The lowest BCUT2D eigenvalue weighted by atomic mass is 9.99. The van der Waals surface area contributed by atoms with Crippen LogP contribution in [0.5, 0.6) is 0 Å². The molecule has 0 unspecified atom stereocenters. The Balaban J connectivity index is 2.01. The summed E-state index contributed by atoms with van der Waals surface area (Å²) < 4.78 is 2.26. The number of aryl methyl sites for hydroxylation is 3. The van der Waals surface area contributed by atoms with Gasteiger partial charge in [0.2, 0.25) is 0 Å². The smallest absolute Gasteiger partial charge is 0.270 e. The van der Waals surface area contributed by atoms with Crippen molar-refractivity contribution in [2.75, 3.05) is 13.6 Å². The second-order valence-electron chi connectivity index (χ2n) is 7.56. The molecule has 3 nitrogen and oxygen atoms in total. The van der Waals surface area contributed by atoms with Crippen LogP contribution in [0.3, 0.4) is 0 Å². The Bertz CT molecular complexity index is 969. The maximum absolute atomic E-state index is 13.3. The molecule has 3 heteroatoms. The zero-order valence-corrected chi connectivity index (χ0v) is 15.9. The quantitative estimate of drug-likeness (QED) is 0.659. The minimum Gasteiger partial charge on any atom is -0.340 e. The highest BCUT2D eigenvalue weighted by atomic mass is 16.2. The van der Waals surface area contributed by atoms with E-state index in [9.17, 15) is 4.79 Å². The lowest BCUT2D eigenvalue weighted by Gasteiger charge is -2.22. The molecule has 3 aromatic rings. The zero-order valence-electron chi connectivity index (χ0n) is 15.9. The molecule has 26 heavy (non-hydrogen) atoms. The Morgan fingerprint density at radius 2 is 1.81 bits per heavy atom. The molecular formula is C23H26N2O. The summed E-state index contributed by atoms with van der Waals surface area (Å²) in [6.07, 6.45) is 3.18. The van der Waals surface area contributed by atoms with Crippen LogP contribution < -0.4 is 0 Å². The summed E-state index contributed by atoms with van der Waals surface area (Å²) >= 11 is 0. The fraction of sp³-hybridized carbons (Fsp3) is 0.348. The van der Waals surface area contributed by atoms with Crippen molar-refractivity contribution in [1.29, 1.82) is 0 Å². The minimum absolute atomic E-state index is 0.156. The fourth-order valence-corrected chi connectivity index (χ4v) is 4.31. The summed E-state index contributed by atoms with van der Waals surface area (Å²) in [4.78, 5) is 15.2. The lowest BCUT2D eigenvalue weighted by molar-refractivity contribution is 0.0777. The Labute approximate surface area is 155 Å². The van der Waals surface area contributed by atoms with Gasteiger partial charge in [-0.2, -0.15) is 0 Å². The standard InChI is InChI=1S/C23H26N2O/c1-16-13-17(2)21-20(14-16)19-11-7-8-12-24(3)23(26)22(19)25(21)15-18-9-5-4-6-10-18/h4-6,9-10,13-14H,7-8,11-12,15H2,1-3H3. The van der Waals surface area contributed by atoms with Gasteiger partial charge in [-0.1, -0.05) is 42.0 Å². The molecular weight excluding hydrogens is 320 g/mol. The Morgan fingerprint density at radius 1 is 1.04 bits per heavy atom. The van der Waals surface area contributed by atoms with Crippen molar-refractivity contribution in [2.24, 2.45) is 0 Å². The van der Waals surface area contributed by atoms with E-state index in [0.29, 0.717) is 0 Å². The number of carbonyl (C=O) groups excluding carboxylic acids is 1. The van der Waals surface area contributed by atoms with E-state index in [2.05, 4.69) is 54.8 Å². The largest absolute Gasteiger partial charge is 0.340 e. The van der Waals surface area contributed by atoms with Crippen LogP contribution in [0.25, 0.3) is 10.9 Å². The summed E-state index contributed by atoms with van der Waals surface area (Å²) in [7, 11) is 1.93. The van der Waals surface area contributed by atoms with Gasteiger partial charge in [0.25, 0.3) is 5.91 Å². The van der Waals surface area contributed by atoms with Crippen LogP contribution in [-0.4, -0.2) is 29.0 Å². The zero-order chi connectivity index (χ0) is 18.3. The third-order valence-corrected chi connectivity index (χ3v) is 5.50. The van der Waals surface area contributed by atoms with Gasteiger partial charge < -0.3 is 9.47 Å². The van der Waals surface area contributed by atoms with Crippen molar-refractivity contribution in [2.45, 2.75) is 39.7 Å². The van der Waals surface area contributed by atoms with E-state index in [1.165, 1.54) is 33.2 Å². The molecule has 0 spiro atoms. The maximum atomic E-state index is 13.3. The first-order chi connectivity index (χ1) is 12.6. The van der Waals surface area contributed by atoms with Gasteiger partial charge in [0, 0.05) is 25.5 Å². The number of rotatable bonds is 2. The highest BCUT2D eigenvalue weighted by molar-refractivity contribution is 6.03. The summed E-state index contributed by atoms with van der Waals surface area (Å²) in [5.41, 5.74) is 7.08. The van der Waals surface area contributed by atoms with E-state index in [-0.39, 0.29) is 5.91 Å². The average molecular weight is 346 g/mol. The molecule has 0 bridgehead atoms. The number of fused-ring (bicyclic) bond motifs is 3. The first-order valence-corrected chi connectivity index (χ1v) is 9.48. The predicted octanol–water partition coefficient (Wildman–Crippen LogP) is 4.71. The molecule has 1 aliphatic heterocycles. The van der Waals surface area contributed by atoms with Crippen molar-refractivity contribution in [3.63, 3.8) is 0 Å². The number of nitrogens with zero attached hydrogens (tertiary/aromatic N) is 2. The van der Waals surface area contributed by atoms with Crippen LogP contribution in [0.15, 0.2) is 42.5 Å². The number of aromatic nitrogens is 1. The van der Waals surface area contributed by atoms with E-state index in [1.807, 2.05) is 18.0 Å². The van der Waals surface area contributed by atoms with Gasteiger partial charge in [-0.3, -0.25) is 4.79 Å². The van der Waals surface area contributed by atoms with E-state index >= 15 is 0 Å². The van der Waals surface area contributed by atoms with Crippen molar-refractivity contribution in [1.82, 2.24) is 9.47 Å². The van der Waals surface area contributed by atoms with E-state index in [0.717, 1.165) is 38.0 Å². The van der Waals surface area contributed by atoms with Crippen LogP contribution in [0, 0.1) is 13.8 Å². The average Bonchev–Trinajstić information content (AvgIpc) is 2.90. The van der Waals surface area contributed by atoms with Crippen molar-refractivity contribution >= 4 is 16.8 Å². The molecule has 1 aromatic heterocycles. The first-order valence-electron chi connectivity index (χ1n) is 9.48. The molecule has 0 atom stereocenters. The maximum Gasteiger partial charge on any atom is 0.270 e. The molecule has 1 amide bonds. The summed E-state index contributed by atoms with van der Waals surface area (Å²) in [5, 5.41) is 1.26. The monoisotopic (exact) mass is 346 g/mol. The van der Waals surface area contributed by atoms with Crippen molar-refractivity contribution in [3.05, 3.63) is 70.4 Å². The van der Waals surface area contributed by atoms with Gasteiger partial charge in [-0.25, -0.2) is 0 Å². The van der Waals surface area contributed by atoms with Crippen LogP contribution >= 0.6 is 0 Å². The highest BCUT2D eigenvalue weighted by Gasteiger charge is 2.27. The normalized spacial score (nSPS) is 15.0. The van der Waals surface area contributed by atoms with Gasteiger partial charge in [-0.15, -0.1) is 0 Å². The predicted molar refractivity (Wildman–Crippen MR) is 107 cm³/mol. The molecule has 0 N–H and O–H groups in total. The molecule has 2 heterocycles. The Kier molecular flexibility index (Phi) is 4.31. The van der Waals surface area contributed by atoms with Crippen LogP contribution in [0.2, 0.25) is 0 Å². The van der Waals surface area contributed by atoms with Gasteiger partial charge in [0.1, 0.15) is 5.69 Å². The SMILES string of the molecule is Cc1cc(C)c2c(c1)c1c(n2Cc2ccccc2)C(=O)N(C)CCCC1. The number of benzene rings is 2. The highest BCUT2D eigenvalue weighted by Crippen LogP contribution is 2.33. The third-order valence-electron chi connectivity index (χ3n) is 5.50. The van der Waals surface area contributed by atoms with Crippen LogP contribution in [0.1, 0.15) is 45.6 Å². The van der Waals surface area contributed by atoms with Crippen molar-refractivity contribution in [3.8, 4) is 0 Å². The van der Waals surface area contributed by atoms with Crippen LogP contribution in [-0.2, 0) is 13.0 Å². The van der Waals surface area contributed by atoms with E-state index in [1.54, 1.807) is 0 Å². The molecule has 1 aliphatic rings. The topological polar surface area (TPSA) is 25.2 Å². The van der Waals surface area contributed by atoms with Gasteiger partial charge in [0.15, 0.2) is 0 Å². The van der Waals surface area contributed by atoms with E-state index < -0.39 is 0 Å². The number of hydrogen-bond acceptors (Lipinski definition) is 1. The number of carbonyl (C=O) groups is 1. The second-order valence-corrected chi connectivity index (χ2v) is 7.56. The van der Waals surface area contributed by atoms with Crippen molar-refractivity contribution < 1.29 is 4.79 Å². The third kappa shape index (κ3) is 2.82. The summed E-state index contributed by atoms with van der Waals surface area (Å²) in [5.74, 6) is 0.156. The fourth-order valence-electron chi connectivity index (χ4n) is 4.31. The van der Waals surface area contributed by atoms with E-state index in [4.69, 9.17) is 0 Å². The lowest BCUT2D eigenvalue weighted by Crippen LogP contribution is -2.32. The molecule has 0 fully saturated rings. The number of amides is 1. The van der Waals surface area contributed by atoms with Gasteiger partial charge in [0.05, 0.1) is 5.52 Å². The number of hydrogen-bond donors (Lipinski definition) is 0. The van der Waals surface area contributed by atoms with Gasteiger partial charge >= 0.3 is 0 Å². The molecule has 0 aliphatic carbocycles. The summed E-state index contributed by atoms with van der Waals surface area (Å²) in [6.45, 7) is 5.88. The molecule has 134 valence electrons. The second kappa shape index (κ2) is 6.64. The minimum atomic E-state index is 0.156. The summed E-state index contributed by atoms with van der Waals surface area (Å²) in [6, 6.07) is 14.9. The molecule has 4 rings (SSSR count). The van der Waals surface area contributed by atoms with Crippen LogP contribution in [0.4, 0.5) is 0 Å². The molecule has 2 aromatic carbocycles. The first kappa shape index (κ1) is 16.9. The molecule has 0 saturated carbocycles.